The number of benzene rings is 1. The summed E-state index contributed by atoms with van der Waals surface area (Å²) in [6, 6.07) is 6.00. The van der Waals surface area contributed by atoms with Gasteiger partial charge in [-0.05, 0) is 43.5 Å². The lowest BCUT2D eigenvalue weighted by Crippen LogP contribution is -2.40. The number of amides is 1. The first-order chi connectivity index (χ1) is 14.5. The number of hydrogen-bond donors (Lipinski definition) is 1. The summed E-state index contributed by atoms with van der Waals surface area (Å²) < 4.78 is 7.62. The van der Waals surface area contributed by atoms with E-state index in [2.05, 4.69) is 20.6 Å². The van der Waals surface area contributed by atoms with Crippen molar-refractivity contribution in [2.75, 3.05) is 44.8 Å². The molecule has 0 spiro atoms. The Morgan fingerprint density at radius 2 is 2.00 bits per heavy atom. The number of aromatic nitrogens is 2. The van der Waals surface area contributed by atoms with Crippen LogP contribution in [0.1, 0.15) is 34.3 Å². The lowest BCUT2D eigenvalue weighted by Gasteiger charge is -2.17. The number of nitrogen functional groups attached to an aromatic ring is 1. The standard InChI is InChI=1S/C22H28N5O2S/c1-14-11-15(2)17-12-16(14)18-13-19(25-22(23)24-18)30-10-8-26(7-9-29-3)20-5-4-6-27(20)21(17)28/h11-13H,4-10H2,1-3H3,(H2,23,24,25)/q+1. The van der Waals surface area contributed by atoms with Gasteiger partial charge in [-0.2, -0.15) is 4.90 Å². The van der Waals surface area contributed by atoms with Gasteiger partial charge in [-0.15, -0.1) is 11.8 Å². The third-order valence-corrected chi connectivity index (χ3v) is 6.57. The molecule has 30 heavy (non-hydrogen) atoms. The first-order valence-electron chi connectivity index (χ1n) is 10.3. The van der Waals surface area contributed by atoms with Gasteiger partial charge in [-0.3, -0.25) is 4.58 Å². The van der Waals surface area contributed by atoms with Gasteiger partial charge in [-0.1, -0.05) is 6.07 Å². The molecule has 8 heteroatoms. The quantitative estimate of drug-likeness (QED) is 0.600. The highest BCUT2D eigenvalue weighted by molar-refractivity contribution is 7.99. The predicted octanol–water partition coefficient (Wildman–Crippen LogP) is 2.74. The van der Waals surface area contributed by atoms with Crippen LogP contribution in [0.2, 0.25) is 0 Å². The summed E-state index contributed by atoms with van der Waals surface area (Å²) in [6.45, 7) is 6.96. The lowest BCUT2D eigenvalue weighted by molar-refractivity contribution is -0.530. The number of thioether (sulfide) groups is 1. The number of nitrogens with two attached hydrogens (primary N) is 1. The number of aryl methyl sites for hydroxylation is 2. The Bertz CT molecular complexity index is 1020. The van der Waals surface area contributed by atoms with Crippen molar-refractivity contribution in [2.45, 2.75) is 31.7 Å². The highest BCUT2D eigenvalue weighted by atomic mass is 32.2. The highest BCUT2D eigenvalue weighted by Crippen LogP contribution is 2.30. The van der Waals surface area contributed by atoms with E-state index in [-0.39, 0.29) is 11.9 Å². The summed E-state index contributed by atoms with van der Waals surface area (Å²) in [5.74, 6) is 2.23. The molecule has 1 amide bonds. The minimum Gasteiger partial charge on any atom is -0.381 e. The number of nitrogens with zero attached hydrogens (tertiary/aromatic N) is 4. The number of carbonyl (C=O) groups is 1. The number of anilines is 1. The second kappa shape index (κ2) is 8.73. The smallest absolute Gasteiger partial charge is 0.341 e. The summed E-state index contributed by atoms with van der Waals surface area (Å²) in [7, 11) is 1.71. The third-order valence-electron chi connectivity index (χ3n) is 5.68. The fourth-order valence-electron chi connectivity index (χ4n) is 4.20. The van der Waals surface area contributed by atoms with Crippen LogP contribution in [0.5, 0.6) is 0 Å². The molecule has 1 saturated heterocycles. The maximum absolute atomic E-state index is 13.6. The van der Waals surface area contributed by atoms with E-state index in [0.29, 0.717) is 12.2 Å². The van der Waals surface area contributed by atoms with Crippen LogP contribution in [0.3, 0.4) is 0 Å². The van der Waals surface area contributed by atoms with Crippen molar-refractivity contribution in [1.82, 2.24) is 14.9 Å². The Morgan fingerprint density at radius 3 is 2.80 bits per heavy atom. The zero-order valence-electron chi connectivity index (χ0n) is 17.8. The molecular weight excluding hydrogens is 398 g/mol. The van der Waals surface area contributed by atoms with Crippen LogP contribution in [-0.4, -0.2) is 70.3 Å². The van der Waals surface area contributed by atoms with Crippen molar-refractivity contribution in [3.8, 4) is 11.3 Å². The van der Waals surface area contributed by atoms with Gasteiger partial charge in [-0.25, -0.2) is 14.8 Å². The first kappa shape index (κ1) is 20.8. The Kier molecular flexibility index (Phi) is 6.06. The molecule has 1 aromatic heterocycles. The van der Waals surface area contributed by atoms with Crippen molar-refractivity contribution in [3.63, 3.8) is 0 Å². The Hall–Kier alpha value is -2.45. The Labute approximate surface area is 181 Å². The number of fused-ring (bicyclic) bond motifs is 6. The molecule has 4 rings (SSSR count). The van der Waals surface area contributed by atoms with E-state index < -0.39 is 0 Å². The maximum atomic E-state index is 13.6. The molecule has 2 aromatic rings. The molecule has 0 atom stereocenters. The van der Waals surface area contributed by atoms with Crippen LogP contribution in [0.25, 0.3) is 11.3 Å². The third kappa shape index (κ3) is 4.06. The number of hydrogen-bond acceptors (Lipinski definition) is 6. The number of amidine groups is 1. The summed E-state index contributed by atoms with van der Waals surface area (Å²) in [6.07, 6.45) is 1.88. The molecule has 0 saturated carbocycles. The fourth-order valence-corrected chi connectivity index (χ4v) is 5.07. The minimum atomic E-state index is 0.0535. The van der Waals surface area contributed by atoms with E-state index in [9.17, 15) is 4.79 Å². The second-order valence-electron chi connectivity index (χ2n) is 7.74. The number of ether oxygens (including phenoxy) is 1. The zero-order chi connectivity index (χ0) is 21.3. The van der Waals surface area contributed by atoms with E-state index in [4.69, 9.17) is 10.5 Å². The molecule has 0 radical (unpaired) electrons. The summed E-state index contributed by atoms with van der Waals surface area (Å²) in [4.78, 5) is 24.4. The summed E-state index contributed by atoms with van der Waals surface area (Å²) in [5, 5.41) is 0.851. The Morgan fingerprint density at radius 1 is 1.20 bits per heavy atom. The molecule has 2 aliphatic rings. The van der Waals surface area contributed by atoms with Crippen molar-refractivity contribution >= 4 is 29.5 Å². The van der Waals surface area contributed by atoms with Crippen molar-refractivity contribution in [1.29, 1.82) is 0 Å². The van der Waals surface area contributed by atoms with Crippen LogP contribution in [-0.2, 0) is 4.74 Å². The van der Waals surface area contributed by atoms with Crippen LogP contribution in [0, 0.1) is 13.8 Å². The SMILES string of the molecule is COCC[N+]1=C2CCCN2C(=O)c2cc(c(C)cc2C)-c2cc(nc(N)n2)SCC1. The Balaban J connectivity index is 1.88. The van der Waals surface area contributed by atoms with Crippen molar-refractivity contribution < 1.29 is 14.1 Å². The molecule has 7 nitrogen and oxygen atoms in total. The normalized spacial score (nSPS) is 16.8. The van der Waals surface area contributed by atoms with Gasteiger partial charge in [0.25, 0.3) is 5.84 Å². The van der Waals surface area contributed by atoms with Gasteiger partial charge in [0.15, 0.2) is 0 Å². The minimum absolute atomic E-state index is 0.0535. The molecule has 0 aliphatic carbocycles. The number of rotatable bonds is 3. The number of methoxy groups -OCH3 is 1. The van der Waals surface area contributed by atoms with Crippen LogP contribution < -0.4 is 5.73 Å². The van der Waals surface area contributed by atoms with Crippen LogP contribution in [0.15, 0.2) is 23.2 Å². The molecule has 2 aliphatic heterocycles. The molecule has 0 unspecified atom stereocenters. The molecule has 4 bridgehead atoms. The molecule has 1 fully saturated rings. The van der Waals surface area contributed by atoms with Crippen LogP contribution in [0.4, 0.5) is 5.95 Å². The second-order valence-corrected chi connectivity index (χ2v) is 8.85. The van der Waals surface area contributed by atoms with Gasteiger partial charge >= 0.3 is 5.91 Å². The van der Waals surface area contributed by atoms with Gasteiger partial charge in [0, 0.05) is 18.4 Å². The molecule has 3 heterocycles. The molecule has 158 valence electrons. The van der Waals surface area contributed by atoms with Gasteiger partial charge in [0.05, 0.1) is 37.4 Å². The lowest BCUT2D eigenvalue weighted by atomic mass is 9.97. The molecule has 1 aromatic carbocycles. The van der Waals surface area contributed by atoms with E-state index in [1.807, 2.05) is 30.9 Å². The molecular formula is C22H28N5O2S+. The van der Waals surface area contributed by atoms with Crippen molar-refractivity contribution in [2.24, 2.45) is 0 Å². The van der Waals surface area contributed by atoms with E-state index in [0.717, 1.165) is 71.5 Å². The summed E-state index contributed by atoms with van der Waals surface area (Å²) >= 11 is 1.66. The van der Waals surface area contributed by atoms with E-state index >= 15 is 0 Å². The average molecular weight is 427 g/mol. The summed E-state index contributed by atoms with van der Waals surface area (Å²) in [5.41, 5.74) is 10.5. The van der Waals surface area contributed by atoms with Crippen LogP contribution >= 0.6 is 11.8 Å². The highest BCUT2D eigenvalue weighted by Gasteiger charge is 2.36. The number of carbonyl (C=O) groups excluding carboxylic acids is 1. The van der Waals surface area contributed by atoms with E-state index in [1.54, 1.807) is 18.9 Å². The first-order valence-corrected chi connectivity index (χ1v) is 11.3. The van der Waals surface area contributed by atoms with Gasteiger partial charge in [0.2, 0.25) is 5.95 Å². The van der Waals surface area contributed by atoms with E-state index in [1.165, 1.54) is 0 Å². The molecule has 2 N–H and O–H groups in total. The average Bonchev–Trinajstić information content (AvgIpc) is 3.19. The topological polar surface area (TPSA) is 84.3 Å². The zero-order valence-corrected chi connectivity index (χ0v) is 18.6. The maximum Gasteiger partial charge on any atom is 0.341 e. The van der Waals surface area contributed by atoms with Gasteiger partial charge in [0.1, 0.15) is 11.6 Å². The fraction of sp³-hybridized carbons (Fsp3) is 0.455. The predicted molar refractivity (Wildman–Crippen MR) is 119 cm³/mol. The van der Waals surface area contributed by atoms with Crippen molar-refractivity contribution in [3.05, 3.63) is 34.9 Å². The van der Waals surface area contributed by atoms with Gasteiger partial charge < -0.3 is 10.5 Å². The monoisotopic (exact) mass is 426 g/mol. The largest absolute Gasteiger partial charge is 0.381 e.